The highest BCUT2D eigenvalue weighted by molar-refractivity contribution is 7.92. The van der Waals surface area contributed by atoms with Gasteiger partial charge in [0.25, 0.3) is 15.9 Å². The van der Waals surface area contributed by atoms with Gasteiger partial charge < -0.3 is 29.0 Å². The molecule has 0 aromatic heterocycles. The second-order valence-electron chi connectivity index (χ2n) is 13.0. The number of halogens is 1. The summed E-state index contributed by atoms with van der Waals surface area (Å²) in [7, 11) is -2.06. The predicted molar refractivity (Wildman–Crippen MR) is 183 cm³/mol. The highest BCUT2D eigenvalue weighted by atomic mass is 32.2. The summed E-state index contributed by atoms with van der Waals surface area (Å²) in [6, 6.07) is 14.4. The molecule has 3 aromatic carbocycles. The lowest BCUT2D eigenvalue weighted by molar-refractivity contribution is -0.0177. The Morgan fingerprint density at radius 1 is 1.02 bits per heavy atom. The summed E-state index contributed by atoms with van der Waals surface area (Å²) in [5.74, 6) is 0.671. The molecule has 1 amide bonds. The number of carbonyl (C=O) groups is 1. The molecule has 2 N–H and O–H groups in total. The lowest BCUT2D eigenvalue weighted by Gasteiger charge is -2.36. The number of fused-ring (bicyclic) bond motifs is 2. The third kappa shape index (κ3) is 9.41. The van der Waals surface area contributed by atoms with Crippen LogP contribution in [0.1, 0.15) is 56.0 Å². The molecule has 2 heterocycles. The van der Waals surface area contributed by atoms with Crippen LogP contribution in [-0.4, -0.2) is 87.6 Å². The number of nitrogens with zero attached hydrogens (tertiary/aromatic N) is 2. The van der Waals surface area contributed by atoms with Gasteiger partial charge in [-0.3, -0.25) is 14.4 Å². The van der Waals surface area contributed by atoms with E-state index in [-0.39, 0.29) is 54.2 Å². The van der Waals surface area contributed by atoms with Crippen molar-refractivity contribution in [2.24, 2.45) is 5.92 Å². The van der Waals surface area contributed by atoms with Crippen molar-refractivity contribution < 1.29 is 41.7 Å². The van der Waals surface area contributed by atoms with Crippen molar-refractivity contribution in [1.82, 2.24) is 9.80 Å². The van der Waals surface area contributed by atoms with E-state index in [0.29, 0.717) is 25.4 Å². The maximum absolute atomic E-state index is 14.4. The summed E-state index contributed by atoms with van der Waals surface area (Å²) in [6.07, 6.45) is 1.93. The van der Waals surface area contributed by atoms with Gasteiger partial charge in [0.2, 0.25) is 6.79 Å². The first-order valence-electron chi connectivity index (χ1n) is 16.6. The Bertz CT molecular complexity index is 1690. The Kier molecular flexibility index (Phi) is 12.0. The van der Waals surface area contributed by atoms with Crippen molar-refractivity contribution in [3.05, 3.63) is 77.6 Å². The smallest absolute Gasteiger partial charge is 0.261 e. The van der Waals surface area contributed by atoms with Crippen LogP contribution in [0.2, 0.25) is 0 Å². The standard InChI is InChI=1S/C36H46FN3O8S/c1-24-19-40(25(2)22-41)36(42)31-18-29(38-49(43,44)30-12-9-28(37)10-13-30)11-15-32(31)48-26(3)7-5-6-16-45-35(24)21-39(4)20-27-8-14-33-34(17-27)47-23-46-33/h8-15,17-18,24-26,35,38,41H,5-7,16,19-23H2,1-4H3/t24-,25-,26+,35+/m0/s1. The van der Waals surface area contributed by atoms with E-state index in [9.17, 15) is 22.7 Å². The van der Waals surface area contributed by atoms with E-state index in [1.54, 1.807) is 17.9 Å². The predicted octanol–water partition coefficient (Wildman–Crippen LogP) is 5.28. The number of anilines is 1. The van der Waals surface area contributed by atoms with E-state index in [1.807, 2.05) is 39.1 Å². The first-order chi connectivity index (χ1) is 23.4. The average molecular weight is 700 g/mol. The molecule has 2 aliphatic rings. The number of amides is 1. The Hall–Kier alpha value is -3.91. The monoisotopic (exact) mass is 699 g/mol. The molecule has 266 valence electrons. The van der Waals surface area contributed by atoms with E-state index >= 15 is 0 Å². The minimum atomic E-state index is -4.08. The zero-order valence-electron chi connectivity index (χ0n) is 28.4. The quantitative estimate of drug-likeness (QED) is 0.307. The number of aliphatic hydroxyl groups excluding tert-OH is 1. The topological polar surface area (TPSA) is 127 Å². The van der Waals surface area contributed by atoms with Crippen molar-refractivity contribution in [2.75, 3.05) is 44.9 Å². The number of rotatable bonds is 9. The summed E-state index contributed by atoms with van der Waals surface area (Å²) in [5, 5.41) is 10.2. The summed E-state index contributed by atoms with van der Waals surface area (Å²) >= 11 is 0. The summed E-state index contributed by atoms with van der Waals surface area (Å²) in [4.78, 5) is 18.0. The Balaban J connectivity index is 1.40. The number of aliphatic hydroxyl groups is 1. The third-order valence-electron chi connectivity index (χ3n) is 8.81. The summed E-state index contributed by atoms with van der Waals surface area (Å²) in [6.45, 7) is 7.72. The molecule has 11 nitrogen and oxygen atoms in total. The van der Waals surface area contributed by atoms with Crippen LogP contribution in [0.4, 0.5) is 10.1 Å². The van der Waals surface area contributed by atoms with Crippen LogP contribution in [0.3, 0.4) is 0 Å². The molecule has 0 spiro atoms. The normalized spacial score (nSPS) is 21.1. The van der Waals surface area contributed by atoms with Crippen LogP contribution in [0.25, 0.3) is 0 Å². The molecule has 0 unspecified atom stereocenters. The maximum Gasteiger partial charge on any atom is 0.261 e. The fraction of sp³-hybridized carbons (Fsp3) is 0.472. The number of hydrogen-bond donors (Lipinski definition) is 2. The number of benzene rings is 3. The Labute approximate surface area is 288 Å². The summed E-state index contributed by atoms with van der Waals surface area (Å²) < 4.78 is 65.9. The summed E-state index contributed by atoms with van der Waals surface area (Å²) in [5.41, 5.74) is 1.38. The first kappa shape index (κ1) is 36.4. The van der Waals surface area contributed by atoms with Gasteiger partial charge in [-0.05, 0) is 100 Å². The Morgan fingerprint density at radius 2 is 1.76 bits per heavy atom. The van der Waals surface area contributed by atoms with Crippen molar-refractivity contribution in [3.8, 4) is 17.2 Å². The molecule has 49 heavy (non-hydrogen) atoms. The Morgan fingerprint density at radius 3 is 2.51 bits per heavy atom. The zero-order valence-corrected chi connectivity index (χ0v) is 29.2. The molecule has 2 aliphatic heterocycles. The zero-order chi connectivity index (χ0) is 35.1. The van der Waals surface area contributed by atoms with Crippen molar-refractivity contribution in [2.45, 2.75) is 69.7 Å². The number of nitrogens with one attached hydrogen (secondary N) is 1. The van der Waals surface area contributed by atoms with Crippen molar-refractivity contribution >= 4 is 21.6 Å². The van der Waals surface area contributed by atoms with Crippen LogP contribution in [0, 0.1) is 11.7 Å². The van der Waals surface area contributed by atoms with Crippen molar-refractivity contribution in [3.63, 3.8) is 0 Å². The van der Waals surface area contributed by atoms with Crippen LogP contribution in [0.15, 0.2) is 65.6 Å². The van der Waals surface area contributed by atoms with E-state index in [1.165, 1.54) is 24.3 Å². The van der Waals surface area contributed by atoms with Gasteiger partial charge in [0.1, 0.15) is 11.6 Å². The van der Waals surface area contributed by atoms with E-state index < -0.39 is 27.8 Å². The molecule has 13 heteroatoms. The molecule has 5 rings (SSSR count). The molecule has 0 bridgehead atoms. The minimum absolute atomic E-state index is 0.121. The van der Waals surface area contributed by atoms with E-state index in [2.05, 4.69) is 9.62 Å². The molecular formula is C36H46FN3O8S. The van der Waals surface area contributed by atoms with Gasteiger partial charge in [0.15, 0.2) is 11.5 Å². The number of sulfonamides is 1. The molecule has 0 fully saturated rings. The number of carbonyl (C=O) groups excluding carboxylic acids is 1. The van der Waals surface area contributed by atoms with E-state index in [4.69, 9.17) is 18.9 Å². The first-order valence-corrected chi connectivity index (χ1v) is 18.1. The fourth-order valence-electron chi connectivity index (χ4n) is 6.00. The SMILES string of the molecule is C[C@@H]1CCCCO[C@H](CN(C)Cc2ccc3c(c2)OCO3)[C@@H](C)CN([C@@H](C)CO)C(=O)c2cc(NS(=O)(=O)c3ccc(F)cc3)ccc2O1. The lowest BCUT2D eigenvalue weighted by atomic mass is 10.0. The number of ether oxygens (including phenoxy) is 4. The van der Waals surface area contributed by atoms with Gasteiger partial charge >= 0.3 is 0 Å². The van der Waals surface area contributed by atoms with Crippen LogP contribution in [0.5, 0.6) is 17.2 Å². The molecule has 0 radical (unpaired) electrons. The van der Waals surface area contributed by atoms with Crippen LogP contribution >= 0.6 is 0 Å². The van der Waals surface area contributed by atoms with Gasteiger partial charge in [-0.1, -0.05) is 13.0 Å². The highest BCUT2D eigenvalue weighted by Crippen LogP contribution is 2.33. The second-order valence-corrected chi connectivity index (χ2v) is 14.6. The average Bonchev–Trinajstić information content (AvgIpc) is 3.54. The molecule has 4 atom stereocenters. The molecule has 3 aromatic rings. The van der Waals surface area contributed by atoms with Gasteiger partial charge in [-0.15, -0.1) is 0 Å². The molecule has 0 saturated carbocycles. The molecule has 0 aliphatic carbocycles. The van der Waals surface area contributed by atoms with Gasteiger partial charge in [0.05, 0.1) is 35.3 Å². The molecule has 0 saturated heterocycles. The highest BCUT2D eigenvalue weighted by Gasteiger charge is 2.31. The van der Waals surface area contributed by atoms with Crippen LogP contribution < -0.4 is 18.9 Å². The minimum Gasteiger partial charge on any atom is -0.490 e. The van der Waals surface area contributed by atoms with Gasteiger partial charge in [-0.25, -0.2) is 12.8 Å². The second kappa shape index (κ2) is 16.2. The third-order valence-corrected chi connectivity index (χ3v) is 10.2. The largest absolute Gasteiger partial charge is 0.490 e. The van der Waals surface area contributed by atoms with E-state index in [0.717, 1.165) is 48.5 Å². The number of hydrogen-bond acceptors (Lipinski definition) is 9. The lowest BCUT2D eigenvalue weighted by Crippen LogP contribution is -2.47. The maximum atomic E-state index is 14.4. The van der Waals surface area contributed by atoms with Crippen molar-refractivity contribution in [1.29, 1.82) is 0 Å². The van der Waals surface area contributed by atoms with Crippen LogP contribution in [-0.2, 0) is 21.3 Å². The fourth-order valence-corrected chi connectivity index (χ4v) is 7.05. The van der Waals surface area contributed by atoms with Gasteiger partial charge in [0, 0.05) is 37.8 Å². The molecular weight excluding hydrogens is 653 g/mol. The number of likely N-dealkylation sites (N-methyl/N-ethyl adjacent to an activating group) is 1. The van der Waals surface area contributed by atoms with Gasteiger partial charge in [-0.2, -0.15) is 0 Å².